The van der Waals surface area contributed by atoms with Crippen LogP contribution in [0.3, 0.4) is 0 Å². The van der Waals surface area contributed by atoms with Crippen LogP contribution in [0.2, 0.25) is 0 Å². The van der Waals surface area contributed by atoms with Crippen molar-refractivity contribution >= 4 is 22.9 Å². The summed E-state index contributed by atoms with van der Waals surface area (Å²) in [6.45, 7) is 6.79. The number of likely N-dealkylation sites (tertiary alicyclic amines) is 1. The van der Waals surface area contributed by atoms with Crippen LogP contribution in [-0.4, -0.2) is 40.6 Å². The average Bonchev–Trinajstić information content (AvgIpc) is 3.16. The van der Waals surface area contributed by atoms with Crippen LogP contribution in [0.25, 0.3) is 22.0 Å². The van der Waals surface area contributed by atoms with Crippen LogP contribution in [0.5, 0.6) is 0 Å². The molecule has 0 radical (unpaired) electrons. The molecule has 0 atom stereocenters. The van der Waals surface area contributed by atoms with Crippen molar-refractivity contribution in [2.75, 3.05) is 13.1 Å². The van der Waals surface area contributed by atoms with Crippen molar-refractivity contribution in [3.63, 3.8) is 0 Å². The third kappa shape index (κ3) is 4.47. The standard InChI is InChI=1S/C25H28FN3O3/c1-25(2,3)32-24(31)29-10-8-16(9-11-29)21-14-28-22-19(21)12-17(13-20(22)23(27)30)15-4-6-18(26)7-5-15/h4-7,12-14,16,28H,8-11H2,1-3H3,(H2,27,30). The van der Waals surface area contributed by atoms with Gasteiger partial charge in [0, 0.05) is 24.7 Å². The highest BCUT2D eigenvalue weighted by Crippen LogP contribution is 2.37. The van der Waals surface area contributed by atoms with Gasteiger partial charge >= 0.3 is 6.09 Å². The summed E-state index contributed by atoms with van der Waals surface area (Å²) < 4.78 is 18.9. The van der Waals surface area contributed by atoms with Crippen LogP contribution in [0.4, 0.5) is 9.18 Å². The lowest BCUT2D eigenvalue weighted by molar-refractivity contribution is 0.0205. The minimum Gasteiger partial charge on any atom is -0.444 e. The summed E-state index contributed by atoms with van der Waals surface area (Å²) in [5, 5.41) is 0.927. The van der Waals surface area contributed by atoms with Gasteiger partial charge in [-0.3, -0.25) is 4.79 Å². The lowest BCUT2D eigenvalue weighted by Crippen LogP contribution is -2.41. The number of benzene rings is 2. The number of halogens is 1. The van der Waals surface area contributed by atoms with Gasteiger partial charge in [-0.25, -0.2) is 9.18 Å². The van der Waals surface area contributed by atoms with Crippen LogP contribution in [0.1, 0.15) is 55.5 Å². The molecule has 0 saturated carbocycles. The molecule has 32 heavy (non-hydrogen) atoms. The highest BCUT2D eigenvalue weighted by molar-refractivity contribution is 6.07. The molecule has 7 heteroatoms. The summed E-state index contributed by atoms with van der Waals surface area (Å²) in [4.78, 5) is 29.5. The van der Waals surface area contributed by atoms with E-state index in [2.05, 4.69) is 4.98 Å². The minimum absolute atomic E-state index is 0.228. The molecular formula is C25H28FN3O3. The van der Waals surface area contributed by atoms with Gasteiger partial charge in [0.25, 0.3) is 5.91 Å². The van der Waals surface area contributed by atoms with E-state index < -0.39 is 11.5 Å². The summed E-state index contributed by atoms with van der Waals surface area (Å²) in [5.41, 5.74) is 8.95. The first-order chi connectivity index (χ1) is 15.1. The fourth-order valence-corrected chi connectivity index (χ4v) is 4.29. The Morgan fingerprint density at radius 2 is 1.75 bits per heavy atom. The molecule has 0 spiro atoms. The lowest BCUT2D eigenvalue weighted by Gasteiger charge is -2.33. The number of hydrogen-bond donors (Lipinski definition) is 2. The topological polar surface area (TPSA) is 88.4 Å². The number of nitrogens with two attached hydrogens (primary N) is 1. The number of aromatic amines is 1. The Morgan fingerprint density at radius 1 is 1.09 bits per heavy atom. The van der Waals surface area contributed by atoms with Crippen LogP contribution < -0.4 is 5.73 Å². The predicted molar refractivity (Wildman–Crippen MR) is 122 cm³/mol. The zero-order chi connectivity index (χ0) is 23.0. The second-order valence-corrected chi connectivity index (χ2v) is 9.30. The van der Waals surface area contributed by atoms with E-state index in [1.54, 1.807) is 23.1 Å². The Bertz CT molecular complexity index is 1150. The molecule has 2 amide bonds. The normalized spacial score (nSPS) is 15.2. The number of nitrogens with zero attached hydrogens (tertiary/aromatic N) is 1. The highest BCUT2D eigenvalue weighted by Gasteiger charge is 2.29. The third-order valence-corrected chi connectivity index (χ3v) is 5.85. The molecule has 1 aliphatic heterocycles. The van der Waals surface area contributed by atoms with Crippen LogP contribution in [0.15, 0.2) is 42.6 Å². The SMILES string of the molecule is CC(C)(C)OC(=O)N1CCC(c2c[nH]c3c(C(N)=O)cc(-c4ccc(F)cc4)cc23)CC1. The maximum atomic E-state index is 13.4. The van der Waals surface area contributed by atoms with Gasteiger partial charge in [0.2, 0.25) is 0 Å². The maximum Gasteiger partial charge on any atom is 0.410 e. The van der Waals surface area contributed by atoms with Crippen LogP contribution in [0, 0.1) is 5.82 Å². The minimum atomic E-state index is -0.521. The number of piperidine rings is 1. The number of rotatable bonds is 3. The molecule has 1 fully saturated rings. The Balaban J connectivity index is 1.63. The Kier molecular flexibility index (Phi) is 5.67. The second kappa shape index (κ2) is 8.30. The molecule has 3 aromatic rings. The molecule has 4 rings (SSSR count). The van der Waals surface area contributed by atoms with Crippen LogP contribution >= 0.6 is 0 Å². The fraction of sp³-hybridized carbons (Fsp3) is 0.360. The van der Waals surface area contributed by atoms with E-state index in [9.17, 15) is 14.0 Å². The molecule has 0 bridgehead atoms. The first-order valence-corrected chi connectivity index (χ1v) is 10.8. The van der Waals surface area contributed by atoms with Crippen molar-refractivity contribution in [1.82, 2.24) is 9.88 Å². The number of fused-ring (bicyclic) bond motifs is 1. The van der Waals surface area contributed by atoms with Crippen molar-refractivity contribution in [3.8, 4) is 11.1 Å². The Labute approximate surface area is 186 Å². The zero-order valence-electron chi connectivity index (χ0n) is 18.6. The highest BCUT2D eigenvalue weighted by atomic mass is 19.1. The van der Waals surface area contributed by atoms with E-state index in [0.29, 0.717) is 24.2 Å². The number of H-pyrrole nitrogens is 1. The molecule has 1 aromatic heterocycles. The summed E-state index contributed by atoms with van der Waals surface area (Å²) in [5.74, 6) is -0.609. The van der Waals surface area contributed by atoms with Crippen molar-refractivity contribution < 1.29 is 18.7 Å². The molecule has 1 saturated heterocycles. The van der Waals surface area contributed by atoms with Gasteiger partial charge in [0.1, 0.15) is 11.4 Å². The molecule has 0 unspecified atom stereocenters. The largest absolute Gasteiger partial charge is 0.444 e. The van der Waals surface area contributed by atoms with Crippen molar-refractivity contribution in [2.45, 2.75) is 45.1 Å². The van der Waals surface area contributed by atoms with Crippen LogP contribution in [-0.2, 0) is 4.74 Å². The molecule has 1 aliphatic rings. The number of carbonyl (C=O) groups excluding carboxylic acids is 2. The van der Waals surface area contributed by atoms with Crippen molar-refractivity contribution in [2.24, 2.45) is 5.73 Å². The summed E-state index contributed by atoms with van der Waals surface area (Å²) in [6.07, 6.45) is 3.22. The summed E-state index contributed by atoms with van der Waals surface area (Å²) >= 11 is 0. The first kappa shape index (κ1) is 21.9. The quantitative estimate of drug-likeness (QED) is 0.591. The number of aromatic nitrogens is 1. The molecule has 2 heterocycles. The number of ether oxygens (including phenoxy) is 1. The maximum absolute atomic E-state index is 13.4. The van der Waals surface area contributed by atoms with Gasteiger partial charge in [0.05, 0.1) is 11.1 Å². The van der Waals surface area contributed by atoms with E-state index in [1.165, 1.54) is 12.1 Å². The lowest BCUT2D eigenvalue weighted by atomic mass is 9.88. The average molecular weight is 438 g/mol. The first-order valence-electron chi connectivity index (χ1n) is 10.8. The molecule has 2 aromatic carbocycles. The van der Waals surface area contributed by atoms with E-state index in [0.717, 1.165) is 34.9 Å². The Morgan fingerprint density at radius 3 is 2.34 bits per heavy atom. The van der Waals surface area contributed by atoms with Crippen molar-refractivity contribution in [1.29, 1.82) is 0 Å². The van der Waals surface area contributed by atoms with Gasteiger partial charge in [-0.2, -0.15) is 0 Å². The van der Waals surface area contributed by atoms with Gasteiger partial charge in [-0.1, -0.05) is 12.1 Å². The molecule has 168 valence electrons. The molecule has 0 aliphatic carbocycles. The number of carbonyl (C=O) groups is 2. The molecule has 6 nitrogen and oxygen atoms in total. The van der Waals surface area contributed by atoms with Crippen molar-refractivity contribution in [3.05, 3.63) is 59.5 Å². The molecule has 3 N–H and O–H groups in total. The van der Waals surface area contributed by atoms with Gasteiger partial charge in [-0.05, 0) is 80.5 Å². The number of nitrogens with one attached hydrogen (secondary N) is 1. The van der Waals surface area contributed by atoms with E-state index in [4.69, 9.17) is 10.5 Å². The summed E-state index contributed by atoms with van der Waals surface area (Å²) in [6, 6.07) is 9.92. The zero-order valence-corrected chi connectivity index (χ0v) is 18.6. The second-order valence-electron chi connectivity index (χ2n) is 9.30. The number of primary amides is 1. The fourth-order valence-electron chi connectivity index (χ4n) is 4.29. The Hall–Kier alpha value is -3.35. The van der Waals surface area contributed by atoms with E-state index >= 15 is 0 Å². The molecular weight excluding hydrogens is 409 g/mol. The van der Waals surface area contributed by atoms with Gasteiger partial charge < -0.3 is 20.4 Å². The van der Waals surface area contributed by atoms with E-state index in [-0.39, 0.29) is 17.8 Å². The van der Waals surface area contributed by atoms with E-state index in [1.807, 2.05) is 33.0 Å². The summed E-state index contributed by atoms with van der Waals surface area (Å²) in [7, 11) is 0. The number of hydrogen-bond acceptors (Lipinski definition) is 3. The monoisotopic (exact) mass is 437 g/mol. The smallest absolute Gasteiger partial charge is 0.410 e. The number of amides is 2. The van der Waals surface area contributed by atoms with Gasteiger partial charge in [-0.15, -0.1) is 0 Å². The third-order valence-electron chi connectivity index (χ3n) is 5.85. The van der Waals surface area contributed by atoms with Gasteiger partial charge in [0.15, 0.2) is 0 Å². The predicted octanol–water partition coefficient (Wildman–Crippen LogP) is 5.19.